The Morgan fingerprint density at radius 1 is 1.55 bits per heavy atom. The summed E-state index contributed by atoms with van der Waals surface area (Å²) < 4.78 is 5.40. The number of pyridine rings is 1. The molecule has 0 aliphatic carbocycles. The number of aldehydes is 1. The van der Waals surface area contributed by atoms with Crippen molar-refractivity contribution in [2.45, 2.75) is 37.8 Å². The summed E-state index contributed by atoms with van der Waals surface area (Å²) in [4.78, 5) is 29.1. The van der Waals surface area contributed by atoms with Crippen molar-refractivity contribution in [3.63, 3.8) is 0 Å². The summed E-state index contributed by atoms with van der Waals surface area (Å²) in [7, 11) is 0. The quantitative estimate of drug-likeness (QED) is 0.785. The third-order valence-electron chi connectivity index (χ3n) is 2.77. The van der Waals surface area contributed by atoms with E-state index in [1.807, 2.05) is 32.9 Å². The van der Waals surface area contributed by atoms with E-state index in [1.165, 1.54) is 4.90 Å². The van der Waals surface area contributed by atoms with Gasteiger partial charge in [0.2, 0.25) is 0 Å². The van der Waals surface area contributed by atoms with Gasteiger partial charge in [0.25, 0.3) is 0 Å². The van der Waals surface area contributed by atoms with Crippen molar-refractivity contribution >= 4 is 24.1 Å². The lowest BCUT2D eigenvalue weighted by atomic mass is 10.2. The lowest BCUT2D eigenvalue weighted by molar-refractivity contribution is -0.111. The standard InChI is InChI=1S/C14H18N2O3S/c1-14(2,3)19-13(18)16-11(8-17)9-20-12(16)10-5-4-6-15-7-10/h4-8,11-12H,9H2,1-3H3. The summed E-state index contributed by atoms with van der Waals surface area (Å²) in [6.45, 7) is 5.43. The van der Waals surface area contributed by atoms with E-state index in [2.05, 4.69) is 4.98 Å². The average molecular weight is 294 g/mol. The van der Waals surface area contributed by atoms with Crippen molar-refractivity contribution in [1.29, 1.82) is 0 Å². The van der Waals surface area contributed by atoms with Gasteiger partial charge in [-0.05, 0) is 26.8 Å². The van der Waals surface area contributed by atoms with Gasteiger partial charge in [0.05, 0.1) is 0 Å². The molecule has 0 aromatic carbocycles. The smallest absolute Gasteiger partial charge is 0.412 e. The van der Waals surface area contributed by atoms with Crippen LogP contribution in [0.25, 0.3) is 0 Å². The maximum Gasteiger partial charge on any atom is 0.412 e. The summed E-state index contributed by atoms with van der Waals surface area (Å²) in [6, 6.07) is 3.26. The highest BCUT2D eigenvalue weighted by atomic mass is 32.2. The maximum absolute atomic E-state index is 12.3. The molecule has 0 N–H and O–H groups in total. The number of carbonyl (C=O) groups is 2. The minimum absolute atomic E-state index is 0.228. The van der Waals surface area contributed by atoms with E-state index in [9.17, 15) is 9.59 Å². The molecule has 0 saturated carbocycles. The zero-order chi connectivity index (χ0) is 14.8. The molecule has 5 nitrogen and oxygen atoms in total. The molecule has 1 aromatic rings. The highest BCUT2D eigenvalue weighted by Crippen LogP contribution is 2.41. The van der Waals surface area contributed by atoms with Crippen LogP contribution in [0, 0.1) is 0 Å². The fourth-order valence-corrected chi connectivity index (χ4v) is 3.31. The van der Waals surface area contributed by atoms with E-state index in [-0.39, 0.29) is 5.37 Å². The molecule has 1 saturated heterocycles. The Bertz CT molecular complexity index is 487. The molecule has 1 fully saturated rings. The number of hydrogen-bond acceptors (Lipinski definition) is 5. The Morgan fingerprint density at radius 3 is 2.85 bits per heavy atom. The molecule has 108 valence electrons. The number of aromatic nitrogens is 1. The predicted molar refractivity (Wildman–Crippen MR) is 77.4 cm³/mol. The van der Waals surface area contributed by atoms with Crippen molar-refractivity contribution < 1.29 is 14.3 Å². The number of amides is 1. The van der Waals surface area contributed by atoms with Crippen LogP contribution in [0.1, 0.15) is 31.7 Å². The van der Waals surface area contributed by atoms with Crippen LogP contribution in [0.5, 0.6) is 0 Å². The van der Waals surface area contributed by atoms with Gasteiger partial charge in [-0.3, -0.25) is 9.88 Å². The Balaban J connectivity index is 2.24. The second-order valence-electron chi connectivity index (χ2n) is 5.56. The number of rotatable bonds is 2. The van der Waals surface area contributed by atoms with E-state index in [0.717, 1.165) is 11.8 Å². The van der Waals surface area contributed by atoms with Crippen LogP contribution in [0.15, 0.2) is 24.5 Å². The fraction of sp³-hybridized carbons (Fsp3) is 0.500. The molecule has 0 bridgehead atoms. The van der Waals surface area contributed by atoms with Gasteiger partial charge in [0.15, 0.2) is 0 Å². The number of thioether (sulfide) groups is 1. The van der Waals surface area contributed by atoms with Crippen LogP contribution in [-0.4, -0.2) is 39.7 Å². The van der Waals surface area contributed by atoms with Crippen LogP contribution < -0.4 is 0 Å². The number of ether oxygens (including phenoxy) is 1. The molecule has 2 unspecified atom stereocenters. The van der Waals surface area contributed by atoms with Gasteiger partial charge in [-0.1, -0.05) is 6.07 Å². The van der Waals surface area contributed by atoms with Crippen LogP contribution >= 0.6 is 11.8 Å². The van der Waals surface area contributed by atoms with Crippen molar-refractivity contribution in [2.24, 2.45) is 0 Å². The molecule has 2 atom stereocenters. The minimum atomic E-state index is -0.586. The Labute approximate surface area is 122 Å². The van der Waals surface area contributed by atoms with Crippen LogP contribution in [-0.2, 0) is 9.53 Å². The van der Waals surface area contributed by atoms with Gasteiger partial charge in [0.1, 0.15) is 23.3 Å². The first kappa shape index (κ1) is 14.8. The van der Waals surface area contributed by atoms with Gasteiger partial charge in [-0.15, -0.1) is 11.8 Å². The van der Waals surface area contributed by atoms with Gasteiger partial charge in [-0.2, -0.15) is 0 Å². The van der Waals surface area contributed by atoms with Crippen molar-refractivity contribution in [2.75, 3.05) is 5.75 Å². The zero-order valence-electron chi connectivity index (χ0n) is 11.8. The van der Waals surface area contributed by atoms with Crippen molar-refractivity contribution in [3.8, 4) is 0 Å². The molecular formula is C14H18N2O3S. The van der Waals surface area contributed by atoms with Crippen LogP contribution in [0.2, 0.25) is 0 Å². The van der Waals surface area contributed by atoms with E-state index in [4.69, 9.17) is 4.74 Å². The summed E-state index contributed by atoms with van der Waals surface area (Å²) >= 11 is 1.54. The normalized spacial score (nSPS) is 22.6. The first-order valence-electron chi connectivity index (χ1n) is 6.40. The molecule has 0 radical (unpaired) electrons. The first-order valence-corrected chi connectivity index (χ1v) is 7.45. The van der Waals surface area contributed by atoms with Gasteiger partial charge in [0, 0.05) is 23.7 Å². The van der Waals surface area contributed by atoms with Gasteiger partial charge < -0.3 is 9.53 Å². The van der Waals surface area contributed by atoms with E-state index < -0.39 is 17.7 Å². The summed E-state index contributed by atoms with van der Waals surface area (Å²) in [5, 5.41) is -0.228. The topological polar surface area (TPSA) is 59.5 Å². The zero-order valence-corrected chi connectivity index (χ0v) is 12.6. The van der Waals surface area contributed by atoms with Gasteiger partial charge in [-0.25, -0.2) is 4.79 Å². The number of nitrogens with zero attached hydrogens (tertiary/aromatic N) is 2. The minimum Gasteiger partial charge on any atom is -0.444 e. The van der Waals surface area contributed by atoms with Gasteiger partial charge >= 0.3 is 6.09 Å². The molecule has 2 rings (SSSR count). The monoisotopic (exact) mass is 294 g/mol. The third-order valence-corrected chi connectivity index (χ3v) is 4.11. The highest BCUT2D eigenvalue weighted by molar-refractivity contribution is 7.99. The lowest BCUT2D eigenvalue weighted by Crippen LogP contribution is -2.42. The maximum atomic E-state index is 12.3. The summed E-state index contributed by atoms with van der Waals surface area (Å²) in [5.41, 5.74) is 0.310. The summed E-state index contributed by atoms with van der Waals surface area (Å²) in [6.07, 6.45) is 3.72. The molecule has 20 heavy (non-hydrogen) atoms. The second-order valence-corrected chi connectivity index (χ2v) is 6.68. The number of hydrogen-bond donors (Lipinski definition) is 0. The summed E-state index contributed by atoms with van der Waals surface area (Å²) in [5.74, 6) is 0.572. The highest BCUT2D eigenvalue weighted by Gasteiger charge is 2.40. The molecular weight excluding hydrogens is 276 g/mol. The predicted octanol–water partition coefficient (Wildman–Crippen LogP) is 2.63. The molecule has 6 heteroatoms. The van der Waals surface area contributed by atoms with Crippen LogP contribution in [0.3, 0.4) is 0 Å². The molecule has 2 heterocycles. The lowest BCUT2D eigenvalue weighted by Gasteiger charge is -2.30. The van der Waals surface area contributed by atoms with E-state index in [1.54, 1.807) is 24.2 Å². The van der Waals surface area contributed by atoms with Crippen LogP contribution in [0.4, 0.5) is 4.79 Å². The molecule has 1 aliphatic heterocycles. The van der Waals surface area contributed by atoms with E-state index in [0.29, 0.717) is 5.75 Å². The molecule has 1 amide bonds. The number of carbonyl (C=O) groups excluding carboxylic acids is 2. The van der Waals surface area contributed by atoms with Crippen molar-refractivity contribution in [3.05, 3.63) is 30.1 Å². The Morgan fingerprint density at radius 2 is 2.30 bits per heavy atom. The Kier molecular flexibility index (Phi) is 4.32. The second kappa shape index (κ2) is 5.83. The third kappa shape index (κ3) is 3.30. The molecule has 0 spiro atoms. The average Bonchev–Trinajstić information content (AvgIpc) is 2.81. The largest absolute Gasteiger partial charge is 0.444 e. The fourth-order valence-electron chi connectivity index (χ4n) is 1.95. The first-order chi connectivity index (χ1) is 9.42. The molecule has 1 aliphatic rings. The van der Waals surface area contributed by atoms with Crippen molar-refractivity contribution in [1.82, 2.24) is 9.88 Å². The van der Waals surface area contributed by atoms with E-state index >= 15 is 0 Å². The molecule has 1 aromatic heterocycles. The SMILES string of the molecule is CC(C)(C)OC(=O)N1C(C=O)CSC1c1cccnc1. The Hall–Kier alpha value is -1.56.